The molecule has 0 aliphatic carbocycles. The van der Waals surface area contributed by atoms with Crippen LogP contribution in [0.3, 0.4) is 0 Å². The Balaban J connectivity index is 0.000000423. The van der Waals surface area contributed by atoms with Crippen molar-refractivity contribution in [3.8, 4) is 0 Å². The number of hydrogen-bond acceptors (Lipinski definition) is 5. The van der Waals surface area contributed by atoms with Gasteiger partial charge in [-0.05, 0) is 43.4 Å². The molecule has 0 saturated carbocycles. The quantitative estimate of drug-likeness (QED) is 0.620. The molecular weight excluding hydrogens is 444 g/mol. The molecule has 0 amide bonds. The number of likely N-dealkylation sites (tertiary alicyclic amines) is 1. The van der Waals surface area contributed by atoms with Crippen molar-refractivity contribution in [2.75, 3.05) is 32.0 Å². The molecule has 2 N–H and O–H groups in total. The van der Waals surface area contributed by atoms with Crippen LogP contribution in [0.4, 0.5) is 17.6 Å². The van der Waals surface area contributed by atoms with E-state index in [2.05, 4.69) is 9.62 Å². The SMILES string of the molecule is CCS(=O)(=O)NCC1CCC2(CN(Cc3ccc(F)cc3)C2)OC1.O=C(O)C(F)(F)F. The smallest absolute Gasteiger partial charge is 0.475 e. The van der Waals surface area contributed by atoms with Gasteiger partial charge in [0.1, 0.15) is 5.82 Å². The Bertz CT molecular complexity index is 830. The first-order valence-electron chi connectivity index (χ1n) is 9.72. The Morgan fingerprint density at radius 1 is 1.29 bits per heavy atom. The maximum absolute atomic E-state index is 12.9. The molecule has 2 heterocycles. The lowest BCUT2D eigenvalue weighted by Gasteiger charge is -2.53. The number of aliphatic carboxylic acids is 1. The van der Waals surface area contributed by atoms with E-state index in [1.54, 1.807) is 6.92 Å². The van der Waals surface area contributed by atoms with Crippen LogP contribution in [0.15, 0.2) is 24.3 Å². The molecule has 0 radical (unpaired) electrons. The van der Waals surface area contributed by atoms with E-state index in [-0.39, 0.29) is 23.1 Å². The van der Waals surface area contributed by atoms with Gasteiger partial charge in [-0.25, -0.2) is 22.3 Å². The maximum atomic E-state index is 12.9. The fourth-order valence-corrected chi connectivity index (χ4v) is 4.10. The first-order valence-corrected chi connectivity index (χ1v) is 11.4. The minimum atomic E-state index is -5.08. The molecule has 1 unspecified atom stereocenters. The highest BCUT2D eigenvalue weighted by atomic mass is 32.2. The fraction of sp³-hybridized carbons (Fsp3) is 0.632. The monoisotopic (exact) mass is 470 g/mol. The first-order chi connectivity index (χ1) is 14.3. The standard InChI is InChI=1S/C17H25FN2O3S.C2HF3O2/c1-2-24(21,22)19-9-15-7-8-17(23-11-15)12-20(13-17)10-14-3-5-16(18)6-4-14;3-2(4,5)1(6)7/h3-6,15,19H,2,7-13H2,1H3;(H,6,7). The van der Waals surface area contributed by atoms with Crippen LogP contribution in [0.5, 0.6) is 0 Å². The van der Waals surface area contributed by atoms with E-state index in [0.717, 1.165) is 38.0 Å². The number of carboxylic acids is 1. The normalized spacial score (nSPS) is 21.1. The van der Waals surface area contributed by atoms with Gasteiger partial charge in [0.15, 0.2) is 0 Å². The second-order valence-electron chi connectivity index (χ2n) is 7.73. The molecule has 2 aliphatic heterocycles. The number of sulfonamides is 1. The summed E-state index contributed by atoms with van der Waals surface area (Å²) in [6.07, 6.45) is -3.14. The molecule has 2 aliphatic rings. The Hall–Kier alpha value is -1.76. The topological polar surface area (TPSA) is 95.9 Å². The van der Waals surface area contributed by atoms with Crippen molar-refractivity contribution in [1.82, 2.24) is 9.62 Å². The largest absolute Gasteiger partial charge is 0.490 e. The Labute approximate surface area is 178 Å². The maximum Gasteiger partial charge on any atom is 0.490 e. The van der Waals surface area contributed by atoms with Crippen molar-refractivity contribution in [3.63, 3.8) is 0 Å². The lowest BCUT2D eigenvalue weighted by Crippen LogP contribution is -2.64. The summed E-state index contributed by atoms with van der Waals surface area (Å²) in [6.45, 7) is 5.29. The molecule has 1 aromatic carbocycles. The van der Waals surface area contributed by atoms with E-state index in [9.17, 15) is 26.0 Å². The van der Waals surface area contributed by atoms with Crippen LogP contribution < -0.4 is 4.72 Å². The van der Waals surface area contributed by atoms with Gasteiger partial charge in [-0.2, -0.15) is 13.2 Å². The van der Waals surface area contributed by atoms with E-state index < -0.39 is 22.2 Å². The van der Waals surface area contributed by atoms with Gasteiger partial charge >= 0.3 is 12.1 Å². The van der Waals surface area contributed by atoms with Crippen molar-refractivity contribution in [2.45, 2.75) is 38.1 Å². The van der Waals surface area contributed by atoms with E-state index >= 15 is 0 Å². The molecule has 7 nitrogen and oxygen atoms in total. The molecule has 0 bridgehead atoms. The number of alkyl halides is 3. The van der Waals surface area contributed by atoms with E-state index in [0.29, 0.717) is 13.2 Å². The van der Waals surface area contributed by atoms with Crippen LogP contribution in [0.25, 0.3) is 0 Å². The predicted octanol–water partition coefficient (Wildman–Crippen LogP) is 2.38. The van der Waals surface area contributed by atoms with E-state index in [1.807, 2.05) is 12.1 Å². The number of ether oxygens (including phenoxy) is 1. The van der Waals surface area contributed by atoms with E-state index in [1.165, 1.54) is 12.1 Å². The zero-order chi connectivity index (χ0) is 23.3. The minimum absolute atomic E-state index is 0.0693. The summed E-state index contributed by atoms with van der Waals surface area (Å²) in [5.41, 5.74) is 1.04. The number of carbonyl (C=O) groups is 1. The lowest BCUT2D eigenvalue weighted by atomic mass is 9.83. The molecule has 1 atom stereocenters. The zero-order valence-corrected chi connectivity index (χ0v) is 17.8. The van der Waals surface area contributed by atoms with Crippen LogP contribution in [-0.2, 0) is 26.1 Å². The molecule has 2 fully saturated rings. The number of halogens is 4. The van der Waals surface area contributed by atoms with Crippen LogP contribution in [0, 0.1) is 11.7 Å². The summed E-state index contributed by atoms with van der Waals surface area (Å²) in [7, 11) is -3.13. The van der Waals surface area contributed by atoms with Gasteiger partial charge in [0.25, 0.3) is 0 Å². The first kappa shape index (κ1) is 25.5. The number of hydrogen-bond donors (Lipinski definition) is 2. The number of rotatable bonds is 6. The number of benzene rings is 1. The summed E-state index contributed by atoms with van der Waals surface area (Å²) < 4.78 is 76.3. The van der Waals surface area contributed by atoms with Crippen LogP contribution in [-0.4, -0.2) is 68.2 Å². The molecule has 2 saturated heterocycles. The summed E-state index contributed by atoms with van der Waals surface area (Å²) in [5.74, 6) is -2.60. The molecular formula is C19H26F4N2O5S. The molecule has 3 rings (SSSR count). The highest BCUT2D eigenvalue weighted by Crippen LogP contribution is 2.36. The Morgan fingerprint density at radius 3 is 2.32 bits per heavy atom. The summed E-state index contributed by atoms with van der Waals surface area (Å²) in [5, 5.41) is 7.12. The Morgan fingerprint density at radius 2 is 1.87 bits per heavy atom. The average molecular weight is 470 g/mol. The number of nitrogens with zero attached hydrogens (tertiary/aromatic N) is 1. The molecule has 176 valence electrons. The molecule has 1 aromatic rings. The van der Waals surface area contributed by atoms with Crippen molar-refractivity contribution < 1.29 is 40.6 Å². The Kier molecular flexibility index (Phi) is 8.42. The molecule has 12 heteroatoms. The third-order valence-corrected chi connectivity index (χ3v) is 6.56. The van der Waals surface area contributed by atoms with Gasteiger partial charge in [0.2, 0.25) is 10.0 Å². The van der Waals surface area contributed by atoms with Crippen molar-refractivity contribution in [2.24, 2.45) is 5.92 Å². The van der Waals surface area contributed by atoms with E-state index in [4.69, 9.17) is 14.6 Å². The van der Waals surface area contributed by atoms with Gasteiger partial charge in [0, 0.05) is 26.2 Å². The van der Waals surface area contributed by atoms with Crippen molar-refractivity contribution in [1.29, 1.82) is 0 Å². The number of nitrogens with one attached hydrogen (secondary N) is 1. The third-order valence-electron chi connectivity index (χ3n) is 5.19. The zero-order valence-electron chi connectivity index (χ0n) is 17.0. The molecule has 1 spiro atoms. The highest BCUT2D eigenvalue weighted by molar-refractivity contribution is 7.89. The summed E-state index contributed by atoms with van der Waals surface area (Å²) >= 11 is 0. The second-order valence-corrected chi connectivity index (χ2v) is 9.82. The van der Waals surface area contributed by atoms with Gasteiger partial charge in [0.05, 0.1) is 18.0 Å². The number of carboxylic acid groups (broad SMARTS) is 1. The van der Waals surface area contributed by atoms with Crippen molar-refractivity contribution >= 4 is 16.0 Å². The van der Waals surface area contributed by atoms with Gasteiger partial charge in [-0.1, -0.05) is 12.1 Å². The van der Waals surface area contributed by atoms with Gasteiger partial charge in [-0.3, -0.25) is 4.90 Å². The summed E-state index contributed by atoms with van der Waals surface area (Å²) in [6, 6.07) is 6.61. The van der Waals surface area contributed by atoms with Crippen LogP contribution in [0.1, 0.15) is 25.3 Å². The second kappa shape index (κ2) is 10.2. The van der Waals surface area contributed by atoms with Crippen LogP contribution in [0.2, 0.25) is 0 Å². The van der Waals surface area contributed by atoms with Gasteiger partial charge < -0.3 is 9.84 Å². The van der Waals surface area contributed by atoms with Crippen LogP contribution >= 0.6 is 0 Å². The summed E-state index contributed by atoms with van der Waals surface area (Å²) in [4.78, 5) is 11.2. The lowest BCUT2D eigenvalue weighted by molar-refractivity contribution is -0.192. The third kappa shape index (κ3) is 8.02. The minimum Gasteiger partial charge on any atom is -0.475 e. The molecule has 31 heavy (non-hydrogen) atoms. The molecule has 0 aromatic heterocycles. The van der Waals surface area contributed by atoms with Gasteiger partial charge in [-0.15, -0.1) is 0 Å². The average Bonchev–Trinajstić information content (AvgIpc) is 2.68. The predicted molar refractivity (Wildman–Crippen MR) is 104 cm³/mol. The fourth-order valence-electron chi connectivity index (χ4n) is 3.40. The highest BCUT2D eigenvalue weighted by Gasteiger charge is 2.46. The van der Waals surface area contributed by atoms with Crippen molar-refractivity contribution in [3.05, 3.63) is 35.6 Å².